The molecule has 142 valence electrons. The number of hydrogen-bond acceptors (Lipinski definition) is 3. The number of methoxy groups -OCH3 is 1. The Bertz CT molecular complexity index is 619. The second kappa shape index (κ2) is 8.67. The summed E-state index contributed by atoms with van der Waals surface area (Å²) in [4.78, 5) is 26.1. The Kier molecular flexibility index (Phi) is 6.30. The summed E-state index contributed by atoms with van der Waals surface area (Å²) in [6, 6.07) is 10.4. The van der Waals surface area contributed by atoms with Gasteiger partial charge in [0.15, 0.2) is 0 Å². The van der Waals surface area contributed by atoms with Crippen molar-refractivity contribution in [1.29, 1.82) is 0 Å². The van der Waals surface area contributed by atoms with Gasteiger partial charge in [0.25, 0.3) is 0 Å². The fraction of sp³-hybridized carbons (Fsp3) is 0.619. The predicted octanol–water partition coefficient (Wildman–Crippen LogP) is 2.40. The van der Waals surface area contributed by atoms with Crippen LogP contribution in [0.2, 0.25) is 0 Å². The summed E-state index contributed by atoms with van der Waals surface area (Å²) in [5.41, 5.74) is 1.29. The first-order valence-corrected chi connectivity index (χ1v) is 9.68. The minimum atomic E-state index is -0.0117. The van der Waals surface area contributed by atoms with E-state index in [9.17, 15) is 9.59 Å². The molecule has 2 fully saturated rings. The summed E-state index contributed by atoms with van der Waals surface area (Å²) >= 11 is 0. The van der Waals surface area contributed by atoms with Crippen LogP contribution in [0, 0.1) is 11.8 Å². The van der Waals surface area contributed by atoms with E-state index < -0.39 is 0 Å². The number of aryl methyl sites for hydroxylation is 1. The standard InChI is InChI=1S/C21H30N2O3/c1-15(24)22-19-11-17-13-23(14-18(17)12-20(19)26-2)21(25)10-6-9-16-7-4-3-5-8-16/h3-5,7-8,17-20H,6,9-14H2,1-2H3,(H,22,24)/t17-,18+,19-,20-/m1/s1. The third-order valence-electron chi connectivity index (χ3n) is 5.86. The third-order valence-corrected chi connectivity index (χ3v) is 5.86. The molecule has 1 N–H and O–H groups in total. The molecular formula is C21H30N2O3. The van der Waals surface area contributed by atoms with Gasteiger partial charge in [-0.05, 0) is 43.1 Å². The number of likely N-dealkylation sites (tertiary alicyclic amines) is 1. The number of amides is 2. The summed E-state index contributed by atoms with van der Waals surface area (Å²) in [5, 5.41) is 3.02. The number of rotatable bonds is 6. The van der Waals surface area contributed by atoms with Crippen LogP contribution < -0.4 is 5.32 Å². The molecule has 1 aliphatic heterocycles. The van der Waals surface area contributed by atoms with Gasteiger partial charge in [0.1, 0.15) is 0 Å². The van der Waals surface area contributed by atoms with Gasteiger partial charge >= 0.3 is 0 Å². The predicted molar refractivity (Wildman–Crippen MR) is 101 cm³/mol. The second-order valence-electron chi connectivity index (χ2n) is 7.71. The summed E-state index contributed by atoms with van der Waals surface area (Å²) in [6.45, 7) is 3.21. The van der Waals surface area contributed by atoms with Gasteiger partial charge in [-0.15, -0.1) is 0 Å². The third kappa shape index (κ3) is 4.64. The molecule has 0 aromatic heterocycles. The molecule has 1 aromatic rings. The lowest BCUT2D eigenvalue weighted by Crippen LogP contribution is -2.49. The Morgan fingerprint density at radius 1 is 1.15 bits per heavy atom. The molecule has 0 radical (unpaired) electrons. The Morgan fingerprint density at radius 2 is 1.85 bits per heavy atom. The van der Waals surface area contributed by atoms with Crippen LogP contribution in [0.5, 0.6) is 0 Å². The molecule has 1 aromatic carbocycles. The highest BCUT2D eigenvalue weighted by Gasteiger charge is 2.43. The first-order chi connectivity index (χ1) is 12.6. The van der Waals surface area contributed by atoms with Crippen molar-refractivity contribution < 1.29 is 14.3 Å². The van der Waals surface area contributed by atoms with Gasteiger partial charge in [-0.25, -0.2) is 0 Å². The number of carbonyl (C=O) groups is 2. The molecule has 4 atom stereocenters. The van der Waals surface area contributed by atoms with Crippen LogP contribution in [-0.4, -0.2) is 49.1 Å². The lowest BCUT2D eigenvalue weighted by molar-refractivity contribution is -0.130. The molecule has 1 saturated heterocycles. The molecule has 2 amide bonds. The van der Waals surface area contributed by atoms with Crippen molar-refractivity contribution in [2.45, 2.75) is 51.2 Å². The maximum Gasteiger partial charge on any atom is 0.222 e. The van der Waals surface area contributed by atoms with Crippen molar-refractivity contribution in [2.24, 2.45) is 11.8 Å². The maximum absolute atomic E-state index is 12.6. The van der Waals surface area contributed by atoms with E-state index in [1.165, 1.54) is 5.56 Å². The molecule has 2 aliphatic rings. The molecule has 26 heavy (non-hydrogen) atoms. The van der Waals surface area contributed by atoms with Crippen molar-refractivity contribution in [2.75, 3.05) is 20.2 Å². The largest absolute Gasteiger partial charge is 0.379 e. The van der Waals surface area contributed by atoms with Crippen LogP contribution in [0.25, 0.3) is 0 Å². The first-order valence-electron chi connectivity index (χ1n) is 9.68. The van der Waals surface area contributed by atoms with E-state index in [2.05, 4.69) is 17.4 Å². The minimum absolute atomic E-state index is 0.0117. The molecule has 1 saturated carbocycles. The summed E-state index contributed by atoms with van der Waals surface area (Å²) in [6.07, 6.45) is 4.31. The molecule has 1 aliphatic carbocycles. The van der Waals surface area contributed by atoms with Gasteiger partial charge < -0.3 is 15.0 Å². The van der Waals surface area contributed by atoms with Crippen molar-refractivity contribution in [3.05, 3.63) is 35.9 Å². The SMILES string of the molecule is CO[C@@H]1C[C@H]2CN(C(=O)CCCc3ccccc3)C[C@H]2C[C@H]1NC(C)=O. The number of ether oxygens (including phenoxy) is 1. The Labute approximate surface area is 156 Å². The lowest BCUT2D eigenvalue weighted by atomic mass is 9.77. The van der Waals surface area contributed by atoms with Crippen molar-refractivity contribution in [3.8, 4) is 0 Å². The van der Waals surface area contributed by atoms with Crippen LogP contribution in [-0.2, 0) is 20.7 Å². The molecule has 5 heteroatoms. The number of nitrogens with one attached hydrogen (secondary N) is 1. The smallest absolute Gasteiger partial charge is 0.222 e. The van der Waals surface area contributed by atoms with E-state index in [1.807, 2.05) is 23.1 Å². The molecule has 5 nitrogen and oxygen atoms in total. The van der Waals surface area contributed by atoms with Gasteiger partial charge in [0, 0.05) is 33.5 Å². The summed E-state index contributed by atoms with van der Waals surface area (Å²) in [7, 11) is 1.71. The van der Waals surface area contributed by atoms with Crippen LogP contribution in [0.15, 0.2) is 30.3 Å². The van der Waals surface area contributed by atoms with Gasteiger partial charge in [0.05, 0.1) is 12.1 Å². The van der Waals surface area contributed by atoms with Crippen LogP contribution >= 0.6 is 0 Å². The van der Waals surface area contributed by atoms with Crippen molar-refractivity contribution in [3.63, 3.8) is 0 Å². The number of hydrogen-bond donors (Lipinski definition) is 1. The van der Waals surface area contributed by atoms with Gasteiger partial charge in [0.2, 0.25) is 11.8 Å². The average molecular weight is 358 g/mol. The lowest BCUT2D eigenvalue weighted by Gasteiger charge is -2.37. The van der Waals surface area contributed by atoms with Gasteiger partial charge in [-0.2, -0.15) is 0 Å². The molecule has 0 unspecified atom stereocenters. The number of carbonyl (C=O) groups excluding carboxylic acids is 2. The van der Waals surface area contributed by atoms with E-state index in [4.69, 9.17) is 4.74 Å². The molecule has 3 rings (SSSR count). The minimum Gasteiger partial charge on any atom is -0.379 e. The summed E-state index contributed by atoms with van der Waals surface area (Å²) < 4.78 is 5.60. The Morgan fingerprint density at radius 3 is 2.50 bits per heavy atom. The fourth-order valence-corrected chi connectivity index (χ4v) is 4.54. The van der Waals surface area contributed by atoms with E-state index in [0.29, 0.717) is 18.3 Å². The average Bonchev–Trinajstić information content (AvgIpc) is 3.04. The van der Waals surface area contributed by atoms with Gasteiger partial charge in [-0.3, -0.25) is 9.59 Å². The van der Waals surface area contributed by atoms with Crippen LogP contribution in [0.4, 0.5) is 0 Å². The van der Waals surface area contributed by atoms with E-state index in [1.54, 1.807) is 14.0 Å². The van der Waals surface area contributed by atoms with Crippen molar-refractivity contribution >= 4 is 11.8 Å². The fourth-order valence-electron chi connectivity index (χ4n) is 4.54. The quantitative estimate of drug-likeness (QED) is 0.849. The number of fused-ring (bicyclic) bond motifs is 1. The molecule has 0 bridgehead atoms. The van der Waals surface area contributed by atoms with Crippen molar-refractivity contribution in [1.82, 2.24) is 10.2 Å². The maximum atomic E-state index is 12.6. The zero-order chi connectivity index (χ0) is 18.5. The normalized spacial score (nSPS) is 27.8. The summed E-state index contributed by atoms with van der Waals surface area (Å²) in [5.74, 6) is 1.21. The van der Waals surface area contributed by atoms with Gasteiger partial charge in [-0.1, -0.05) is 30.3 Å². The van der Waals surface area contributed by atoms with E-state index in [-0.39, 0.29) is 24.0 Å². The first kappa shape index (κ1) is 18.9. The zero-order valence-corrected chi connectivity index (χ0v) is 15.8. The highest BCUT2D eigenvalue weighted by molar-refractivity contribution is 5.76. The highest BCUT2D eigenvalue weighted by Crippen LogP contribution is 2.37. The van der Waals surface area contributed by atoms with Crippen LogP contribution in [0.3, 0.4) is 0 Å². The molecular weight excluding hydrogens is 328 g/mol. The Hall–Kier alpha value is -1.88. The number of nitrogens with zero attached hydrogens (tertiary/aromatic N) is 1. The zero-order valence-electron chi connectivity index (χ0n) is 15.8. The monoisotopic (exact) mass is 358 g/mol. The Balaban J connectivity index is 1.49. The van der Waals surface area contributed by atoms with E-state index in [0.717, 1.165) is 38.8 Å². The van der Waals surface area contributed by atoms with E-state index >= 15 is 0 Å². The molecule has 1 heterocycles. The highest BCUT2D eigenvalue weighted by atomic mass is 16.5. The number of benzene rings is 1. The van der Waals surface area contributed by atoms with Crippen LogP contribution in [0.1, 0.15) is 38.2 Å². The second-order valence-corrected chi connectivity index (χ2v) is 7.71. The molecule has 0 spiro atoms. The topological polar surface area (TPSA) is 58.6 Å².